The number of fused-ring (bicyclic) bond motifs is 3. The molecule has 7 rings (SSSR count). The predicted molar refractivity (Wildman–Crippen MR) is 162 cm³/mol. The fraction of sp³-hybridized carbons (Fsp3) is 1.00. The molecule has 3 N–H and O–H groups in total. The van der Waals surface area contributed by atoms with E-state index >= 15 is 0 Å². The van der Waals surface area contributed by atoms with Crippen LogP contribution >= 0.6 is 0 Å². The fourth-order valence-electron chi connectivity index (χ4n) is 11.8. The number of likely N-dealkylation sites (tertiary alicyclic amines) is 1. The molecule has 0 aromatic heterocycles. The van der Waals surface area contributed by atoms with Crippen LogP contribution in [0.4, 0.5) is 0 Å². The molecule has 0 bridgehead atoms. The molecule has 0 aromatic carbocycles. The second-order valence-electron chi connectivity index (χ2n) is 15.6. The van der Waals surface area contributed by atoms with Gasteiger partial charge in [-0.2, -0.15) is 0 Å². The van der Waals surface area contributed by atoms with Crippen LogP contribution in [0.1, 0.15) is 148 Å². The maximum atomic E-state index is 7.41. The summed E-state index contributed by atoms with van der Waals surface area (Å²) in [6, 6.07) is 3.33. The Balaban J connectivity index is 1.02. The average Bonchev–Trinajstić information content (AvgIpc) is 3.60. The molecule has 4 heteroatoms. The van der Waals surface area contributed by atoms with Crippen LogP contribution in [0, 0.1) is 29.6 Å². The summed E-state index contributed by atoms with van der Waals surface area (Å²) in [4.78, 5) is 6.06. The lowest BCUT2D eigenvalue weighted by Crippen LogP contribution is -2.58. The van der Waals surface area contributed by atoms with Gasteiger partial charge in [-0.15, -0.1) is 0 Å². The summed E-state index contributed by atoms with van der Waals surface area (Å²) in [5.74, 6) is 4.59. The fourth-order valence-corrected chi connectivity index (χ4v) is 11.8. The highest BCUT2D eigenvalue weighted by Gasteiger charge is 2.55. The highest BCUT2D eigenvalue weighted by molar-refractivity contribution is 5.07. The van der Waals surface area contributed by atoms with Crippen molar-refractivity contribution in [2.45, 2.75) is 184 Å². The van der Waals surface area contributed by atoms with Gasteiger partial charge in [0.15, 0.2) is 0 Å². The normalized spacial score (nSPS) is 42.5. The van der Waals surface area contributed by atoms with Gasteiger partial charge in [0.1, 0.15) is 0 Å². The Labute approximate surface area is 241 Å². The van der Waals surface area contributed by atoms with Gasteiger partial charge in [0.05, 0.1) is 12.3 Å². The van der Waals surface area contributed by atoms with E-state index in [1.807, 2.05) is 0 Å². The first-order chi connectivity index (χ1) is 19.3. The first kappa shape index (κ1) is 27.7. The highest BCUT2D eigenvalue weighted by Crippen LogP contribution is 2.53. The topological polar surface area (TPSA) is 44.5 Å². The molecule has 0 spiro atoms. The summed E-state index contributed by atoms with van der Waals surface area (Å²) >= 11 is 0. The van der Waals surface area contributed by atoms with Gasteiger partial charge in [0.2, 0.25) is 0 Å². The molecule has 5 saturated carbocycles. The van der Waals surface area contributed by atoms with Crippen LogP contribution in [0.2, 0.25) is 0 Å². The molecule has 2 heterocycles. The zero-order chi connectivity index (χ0) is 26.2. The van der Waals surface area contributed by atoms with Crippen LogP contribution in [-0.2, 0) is 0 Å². The van der Waals surface area contributed by atoms with Crippen molar-refractivity contribution in [3.05, 3.63) is 0 Å². The molecule has 7 aliphatic rings. The largest absolute Gasteiger partial charge is 0.315 e. The van der Waals surface area contributed by atoms with E-state index in [2.05, 4.69) is 15.1 Å². The second kappa shape index (κ2) is 12.6. The van der Waals surface area contributed by atoms with E-state index in [1.165, 1.54) is 148 Å². The van der Waals surface area contributed by atoms with Gasteiger partial charge >= 0.3 is 0 Å². The van der Waals surface area contributed by atoms with E-state index in [9.17, 15) is 0 Å². The zero-order valence-electron chi connectivity index (χ0n) is 25.3. The Bertz CT molecular complexity index is 751. The van der Waals surface area contributed by atoms with E-state index < -0.39 is 0 Å². The molecular weight excluding hydrogens is 476 g/mol. The van der Waals surface area contributed by atoms with Crippen LogP contribution in [0.5, 0.6) is 0 Å². The molecule has 8 unspecified atom stereocenters. The maximum Gasteiger partial charge on any atom is 0.0634 e. The van der Waals surface area contributed by atoms with Crippen molar-refractivity contribution < 1.29 is 0 Å². The molecule has 5 aliphatic carbocycles. The van der Waals surface area contributed by atoms with Crippen LogP contribution in [0.25, 0.3) is 0 Å². The molecule has 2 aliphatic heterocycles. The minimum Gasteiger partial charge on any atom is -0.315 e. The van der Waals surface area contributed by atoms with Crippen LogP contribution in [0.15, 0.2) is 0 Å². The van der Waals surface area contributed by atoms with Gasteiger partial charge in [-0.1, -0.05) is 70.6 Å². The van der Waals surface area contributed by atoms with E-state index in [0.29, 0.717) is 12.3 Å². The molecule has 222 valence electrons. The molecule has 8 atom stereocenters. The first-order valence-corrected chi connectivity index (χ1v) is 18.3. The van der Waals surface area contributed by atoms with Crippen molar-refractivity contribution in [2.24, 2.45) is 35.3 Å². The molecule has 0 aromatic rings. The Kier molecular flexibility index (Phi) is 8.94. The van der Waals surface area contributed by atoms with E-state index in [4.69, 9.17) is 5.73 Å². The zero-order valence-corrected chi connectivity index (χ0v) is 25.3. The summed E-state index contributed by atoms with van der Waals surface area (Å²) < 4.78 is 0. The highest BCUT2D eigenvalue weighted by atomic mass is 15.4. The number of hydrogen-bond acceptors (Lipinski definition) is 4. The minimum atomic E-state index is 0.326. The number of rotatable bonds is 6. The summed E-state index contributed by atoms with van der Waals surface area (Å²) in [6.45, 7) is 1.27. The Morgan fingerprint density at radius 2 is 1.23 bits per heavy atom. The van der Waals surface area contributed by atoms with E-state index in [0.717, 1.165) is 53.8 Å². The van der Waals surface area contributed by atoms with Gasteiger partial charge in [-0.25, -0.2) is 0 Å². The summed E-state index contributed by atoms with van der Waals surface area (Å²) in [5.41, 5.74) is 7.41. The maximum absolute atomic E-state index is 7.41. The van der Waals surface area contributed by atoms with E-state index in [1.54, 1.807) is 6.42 Å². The first-order valence-electron chi connectivity index (χ1n) is 18.3. The van der Waals surface area contributed by atoms with Gasteiger partial charge in [-0.05, 0) is 113 Å². The lowest BCUT2D eigenvalue weighted by Gasteiger charge is -2.49. The third-order valence-electron chi connectivity index (χ3n) is 13.6. The quantitative estimate of drug-likeness (QED) is 0.346. The third kappa shape index (κ3) is 5.64. The summed E-state index contributed by atoms with van der Waals surface area (Å²) in [5, 5.41) is 4.02. The standard InChI is InChI=1S/C35H62N4/c36-34(38(28-13-4-1-5-14-28)29-15-6-2-7-16-29)27-12-10-11-25(23-27)26-19-20-33-32(24-26)31-21-22-37-35(31)39(33)30-17-8-3-9-18-30/h25-35,37H,1-24,36H2. The SMILES string of the molecule is NC(C1CCCC(C2CCC3C(C2)C2CCNC2N3C2CCCCC2)C1)N(C1CCCCC1)C1CCCCC1. The Hall–Kier alpha value is -0.160. The molecule has 4 nitrogen and oxygen atoms in total. The average molecular weight is 539 g/mol. The van der Waals surface area contributed by atoms with Gasteiger partial charge in [-0.3, -0.25) is 9.80 Å². The smallest absolute Gasteiger partial charge is 0.0634 e. The minimum absolute atomic E-state index is 0.326. The lowest BCUT2D eigenvalue weighted by molar-refractivity contribution is -0.00857. The third-order valence-corrected chi connectivity index (χ3v) is 13.6. The number of hydrogen-bond donors (Lipinski definition) is 2. The number of nitrogens with two attached hydrogens (primary N) is 1. The lowest BCUT2D eigenvalue weighted by atomic mass is 9.65. The van der Waals surface area contributed by atoms with E-state index in [-0.39, 0.29) is 0 Å². The van der Waals surface area contributed by atoms with Crippen LogP contribution in [-0.4, -0.2) is 52.8 Å². The van der Waals surface area contributed by atoms with Gasteiger partial charge < -0.3 is 11.1 Å². The van der Waals surface area contributed by atoms with Gasteiger partial charge in [0, 0.05) is 24.2 Å². The van der Waals surface area contributed by atoms with Crippen LogP contribution < -0.4 is 11.1 Å². The van der Waals surface area contributed by atoms with Crippen molar-refractivity contribution in [3.63, 3.8) is 0 Å². The predicted octanol–water partition coefficient (Wildman–Crippen LogP) is 7.41. The van der Waals surface area contributed by atoms with Crippen molar-refractivity contribution in [2.75, 3.05) is 6.54 Å². The molecule has 2 saturated heterocycles. The van der Waals surface area contributed by atoms with Crippen molar-refractivity contribution in [1.29, 1.82) is 0 Å². The molecular formula is C35H62N4. The van der Waals surface area contributed by atoms with Crippen molar-refractivity contribution in [1.82, 2.24) is 15.1 Å². The summed E-state index contributed by atoms with van der Waals surface area (Å²) in [6.07, 6.45) is 34.5. The Morgan fingerprint density at radius 1 is 0.590 bits per heavy atom. The van der Waals surface area contributed by atoms with Gasteiger partial charge in [0.25, 0.3) is 0 Å². The Morgan fingerprint density at radius 3 is 1.92 bits per heavy atom. The second-order valence-corrected chi connectivity index (χ2v) is 15.6. The van der Waals surface area contributed by atoms with Crippen molar-refractivity contribution in [3.8, 4) is 0 Å². The number of nitrogens with zero attached hydrogens (tertiary/aromatic N) is 2. The molecule has 7 fully saturated rings. The monoisotopic (exact) mass is 538 g/mol. The van der Waals surface area contributed by atoms with Crippen molar-refractivity contribution >= 4 is 0 Å². The molecule has 39 heavy (non-hydrogen) atoms. The summed E-state index contributed by atoms with van der Waals surface area (Å²) in [7, 11) is 0. The van der Waals surface area contributed by atoms with Crippen LogP contribution in [0.3, 0.4) is 0 Å². The molecule has 0 radical (unpaired) electrons. The number of nitrogens with one attached hydrogen (secondary N) is 1. The molecule has 0 amide bonds.